The molecule has 0 spiro atoms. The van der Waals surface area contributed by atoms with Gasteiger partial charge < -0.3 is 35.8 Å². The number of thiazole rings is 2. The number of carboxylic acids is 1. The van der Waals surface area contributed by atoms with Gasteiger partial charge in [-0.2, -0.15) is 0 Å². The van der Waals surface area contributed by atoms with Gasteiger partial charge in [-0.15, -0.1) is 22.7 Å². The molecule has 4 N–H and O–H groups in total. The number of amides is 4. The molecule has 0 aromatic carbocycles. The van der Waals surface area contributed by atoms with Crippen LogP contribution in [-0.4, -0.2) is 118 Å². The van der Waals surface area contributed by atoms with Crippen LogP contribution in [0.2, 0.25) is 0 Å². The minimum absolute atomic E-state index is 0.0278. The first-order valence-electron chi connectivity index (χ1n) is 16.4. The number of carbonyl (C=O) groups excluding carboxylic acids is 4. The van der Waals surface area contributed by atoms with Crippen molar-refractivity contribution in [1.82, 2.24) is 40.3 Å². The van der Waals surface area contributed by atoms with E-state index in [4.69, 9.17) is 5.11 Å². The molecule has 0 radical (unpaired) electrons. The zero-order valence-corrected chi connectivity index (χ0v) is 30.4. The topological polar surface area (TPSA) is 190 Å². The first kappa shape index (κ1) is 36.9. The summed E-state index contributed by atoms with van der Waals surface area (Å²) in [6.45, 7) is 5.32. The number of rotatable bonds is 6. The zero-order valence-electron chi connectivity index (χ0n) is 28.8. The van der Waals surface area contributed by atoms with Gasteiger partial charge in [-0.3, -0.25) is 19.2 Å². The van der Waals surface area contributed by atoms with Crippen LogP contribution < -0.4 is 16.0 Å². The van der Waals surface area contributed by atoms with Crippen LogP contribution in [0.25, 0.3) is 0 Å². The molecule has 3 aromatic rings. The lowest BCUT2D eigenvalue weighted by Gasteiger charge is -2.37. The quantitative estimate of drug-likeness (QED) is 0.271. The minimum atomic E-state index is -0.915. The summed E-state index contributed by atoms with van der Waals surface area (Å²) in [6.07, 6.45) is 4.58. The Morgan fingerprint density at radius 1 is 0.860 bits per heavy atom. The molecule has 0 unspecified atom stereocenters. The van der Waals surface area contributed by atoms with E-state index in [1.54, 1.807) is 32.4 Å². The average Bonchev–Trinajstić information content (AvgIpc) is 3.70. The Kier molecular flexibility index (Phi) is 11.9. The Balaban J connectivity index is 0.000000311. The van der Waals surface area contributed by atoms with E-state index in [-0.39, 0.29) is 28.6 Å². The molecule has 1 saturated carbocycles. The summed E-state index contributed by atoms with van der Waals surface area (Å²) in [5.74, 6) is -2.97. The molecule has 268 valence electrons. The lowest BCUT2D eigenvalue weighted by molar-refractivity contribution is -0.137. The van der Waals surface area contributed by atoms with Crippen LogP contribution in [0.4, 0.5) is 5.82 Å². The van der Waals surface area contributed by atoms with E-state index in [0.29, 0.717) is 24.3 Å². The number of aryl methyl sites for hydroxylation is 1. The van der Waals surface area contributed by atoms with E-state index in [1.807, 2.05) is 21.0 Å². The number of anilines is 1. The zero-order chi connectivity index (χ0) is 36.1. The summed E-state index contributed by atoms with van der Waals surface area (Å²) in [5, 5.41) is 17.6. The number of nitrogens with one attached hydrogen (secondary N) is 3. The number of carboxylic acid groups (broad SMARTS) is 1. The number of aromatic nitrogens is 3. The lowest BCUT2D eigenvalue weighted by Crippen LogP contribution is -2.57. The van der Waals surface area contributed by atoms with Crippen molar-refractivity contribution < 1.29 is 29.1 Å². The largest absolute Gasteiger partial charge is 0.476 e. The van der Waals surface area contributed by atoms with Crippen molar-refractivity contribution in [2.24, 2.45) is 5.92 Å². The molecule has 15 nitrogen and oxygen atoms in total. The highest BCUT2D eigenvalue weighted by atomic mass is 32.1. The van der Waals surface area contributed by atoms with E-state index in [0.717, 1.165) is 65.7 Å². The van der Waals surface area contributed by atoms with Gasteiger partial charge in [0.05, 0.1) is 17.4 Å². The Hall–Kier alpha value is -4.32. The third kappa shape index (κ3) is 9.26. The number of fused-ring (bicyclic) bond motifs is 2. The molecule has 0 saturated heterocycles. The molecule has 17 heteroatoms. The smallest absolute Gasteiger partial charge is 0.365 e. The predicted molar refractivity (Wildman–Crippen MR) is 188 cm³/mol. The monoisotopic (exact) mass is 725 g/mol. The fourth-order valence-electron chi connectivity index (χ4n) is 6.11. The number of pyridine rings is 1. The maximum absolute atomic E-state index is 13.2. The van der Waals surface area contributed by atoms with Gasteiger partial charge in [-0.25, -0.2) is 19.7 Å². The minimum Gasteiger partial charge on any atom is -0.476 e. The van der Waals surface area contributed by atoms with Gasteiger partial charge in [-0.05, 0) is 51.9 Å². The second-order valence-electron chi connectivity index (χ2n) is 13.1. The third-order valence-corrected chi connectivity index (χ3v) is 11.0. The van der Waals surface area contributed by atoms with E-state index in [9.17, 15) is 24.0 Å². The van der Waals surface area contributed by atoms with Gasteiger partial charge >= 0.3 is 17.8 Å². The SMILES string of the molecule is CN1CCc2nc(C(=O)O)sc2C1.Cc1ccc(NC(=O)C(=O)N[C@H]2CC[C@H](C(=O)N(C)C)C[C@H]2NC(=O)c2nc3c(s2)CN(C)CC3)nc1. The van der Waals surface area contributed by atoms with Crippen LogP contribution in [-0.2, 0) is 40.3 Å². The van der Waals surface area contributed by atoms with Crippen LogP contribution >= 0.6 is 22.7 Å². The summed E-state index contributed by atoms with van der Waals surface area (Å²) in [6, 6.07) is 2.35. The Labute approximate surface area is 298 Å². The van der Waals surface area contributed by atoms with Gasteiger partial charge in [0.2, 0.25) is 10.9 Å². The molecule has 3 aliphatic rings. The third-order valence-electron chi connectivity index (χ3n) is 8.85. The van der Waals surface area contributed by atoms with Crippen LogP contribution in [0.5, 0.6) is 0 Å². The van der Waals surface area contributed by atoms with Gasteiger partial charge in [0, 0.05) is 81.0 Å². The summed E-state index contributed by atoms with van der Waals surface area (Å²) in [5.41, 5.74) is 2.85. The second kappa shape index (κ2) is 16.1. The molecule has 0 bridgehead atoms. The van der Waals surface area contributed by atoms with Crippen LogP contribution in [0.1, 0.15) is 65.6 Å². The molecule has 1 aliphatic carbocycles. The molecule has 3 aromatic heterocycles. The number of hydrogen-bond acceptors (Lipinski definition) is 12. The Morgan fingerprint density at radius 2 is 1.48 bits per heavy atom. The predicted octanol–water partition coefficient (Wildman–Crippen LogP) is 1.77. The number of hydrogen-bond donors (Lipinski definition) is 4. The molecule has 50 heavy (non-hydrogen) atoms. The molecule has 4 amide bonds. The maximum atomic E-state index is 13.2. The fraction of sp³-hybridized carbons (Fsp3) is 0.515. The van der Waals surface area contributed by atoms with Crippen LogP contribution in [0, 0.1) is 12.8 Å². The van der Waals surface area contributed by atoms with Gasteiger partial charge in [-0.1, -0.05) is 6.07 Å². The van der Waals surface area contributed by atoms with Crippen molar-refractivity contribution in [2.75, 3.05) is 46.6 Å². The molecule has 5 heterocycles. The standard InChI is InChI=1S/C25H33N7O4S.C8H10N2O2S/c1-14-5-8-20(26-12-14)30-22(34)21(33)27-16-7-6-15(25(36)31(2)3)11-18(16)28-23(35)24-29-17-9-10-32(4)13-19(17)37-24;1-10-3-2-5-6(4-10)13-7(9-5)8(11)12/h5,8,12,15-16,18H,6-7,9-11,13H2,1-4H3,(H,27,33)(H,28,35)(H,26,30,34);2-4H2,1H3,(H,11,12)/t15-,16-,18+;/m0./s1. The first-order valence-corrected chi connectivity index (χ1v) is 18.0. The second-order valence-corrected chi connectivity index (χ2v) is 15.3. The van der Waals surface area contributed by atoms with Crippen molar-refractivity contribution in [2.45, 2.75) is 64.2 Å². The van der Waals surface area contributed by atoms with Gasteiger partial charge in [0.1, 0.15) is 5.82 Å². The number of aromatic carboxylic acids is 1. The maximum Gasteiger partial charge on any atom is 0.365 e. The highest BCUT2D eigenvalue weighted by Crippen LogP contribution is 2.29. The number of nitrogens with zero attached hydrogens (tertiary/aromatic N) is 6. The molecule has 2 aliphatic heterocycles. The molecule has 3 atom stereocenters. The molecule has 1 fully saturated rings. The molecular weight excluding hydrogens is 683 g/mol. The summed E-state index contributed by atoms with van der Waals surface area (Å²) in [7, 11) is 7.46. The van der Waals surface area contributed by atoms with Crippen molar-refractivity contribution in [3.63, 3.8) is 0 Å². The Bertz CT molecular complexity index is 1740. The normalized spacial score (nSPS) is 20.3. The van der Waals surface area contributed by atoms with Crippen molar-refractivity contribution in [1.29, 1.82) is 0 Å². The van der Waals surface area contributed by atoms with Gasteiger partial charge in [0.15, 0.2) is 5.01 Å². The fourth-order valence-corrected chi connectivity index (χ4v) is 8.22. The van der Waals surface area contributed by atoms with Crippen molar-refractivity contribution in [3.05, 3.63) is 55.1 Å². The summed E-state index contributed by atoms with van der Waals surface area (Å²) < 4.78 is 0. The Morgan fingerprint density at radius 3 is 2.06 bits per heavy atom. The highest BCUT2D eigenvalue weighted by molar-refractivity contribution is 7.14. The lowest BCUT2D eigenvalue weighted by atomic mass is 9.81. The molecule has 6 rings (SSSR count). The van der Waals surface area contributed by atoms with E-state index >= 15 is 0 Å². The number of likely N-dealkylation sites (N-methyl/N-ethyl adjacent to an activating group) is 2. The van der Waals surface area contributed by atoms with E-state index in [1.165, 1.54) is 27.6 Å². The summed E-state index contributed by atoms with van der Waals surface area (Å²) >= 11 is 2.67. The highest BCUT2D eigenvalue weighted by Gasteiger charge is 2.37. The van der Waals surface area contributed by atoms with Crippen molar-refractivity contribution >= 4 is 58.1 Å². The van der Waals surface area contributed by atoms with Gasteiger partial charge in [0.25, 0.3) is 5.91 Å². The van der Waals surface area contributed by atoms with E-state index in [2.05, 4.69) is 40.7 Å². The molecular formula is C33H43N9O6S2. The average molecular weight is 726 g/mol. The van der Waals surface area contributed by atoms with Crippen LogP contribution in [0.3, 0.4) is 0 Å². The van der Waals surface area contributed by atoms with E-state index < -0.39 is 29.9 Å². The van der Waals surface area contributed by atoms with Crippen LogP contribution in [0.15, 0.2) is 18.3 Å². The van der Waals surface area contributed by atoms with Crippen molar-refractivity contribution in [3.8, 4) is 0 Å². The summed E-state index contributed by atoms with van der Waals surface area (Å²) in [4.78, 5) is 82.5. The first-order chi connectivity index (χ1) is 23.8. The number of carbonyl (C=O) groups is 5.